The van der Waals surface area contributed by atoms with E-state index >= 15 is 0 Å². The molecular weight excluding hydrogens is 387 g/mol. The van der Waals surface area contributed by atoms with Crippen molar-refractivity contribution in [2.45, 2.75) is 37.8 Å². The van der Waals surface area contributed by atoms with Gasteiger partial charge >= 0.3 is 0 Å². The van der Waals surface area contributed by atoms with Crippen LogP contribution in [0.5, 0.6) is 0 Å². The normalized spacial score (nSPS) is 23.2. The Morgan fingerprint density at radius 2 is 1.15 bits per heavy atom. The highest BCUT2D eigenvalue weighted by Crippen LogP contribution is 2.15. The maximum Gasteiger partial charge on any atom is 0.234 e. The maximum absolute atomic E-state index is 11.0. The molecule has 4 amide bonds. The van der Waals surface area contributed by atoms with Gasteiger partial charge in [-0.15, -0.1) is 24.8 Å². The van der Waals surface area contributed by atoms with Gasteiger partial charge in [0.15, 0.2) is 0 Å². The fourth-order valence-corrected chi connectivity index (χ4v) is 2.59. The van der Waals surface area contributed by atoms with Gasteiger partial charge in [-0.05, 0) is 25.7 Å². The lowest BCUT2D eigenvalue weighted by Crippen LogP contribution is -2.39. The van der Waals surface area contributed by atoms with Gasteiger partial charge in [0.25, 0.3) is 0 Å². The Morgan fingerprint density at radius 1 is 0.846 bits per heavy atom. The second-order valence-electron chi connectivity index (χ2n) is 6.04. The van der Waals surface area contributed by atoms with Crippen LogP contribution in [0.1, 0.15) is 25.7 Å². The van der Waals surface area contributed by atoms with Crippen LogP contribution < -0.4 is 33.6 Å². The first-order valence-corrected chi connectivity index (χ1v) is 7.87. The smallest absolute Gasteiger partial charge is 0.234 e. The standard InChI is InChI=1S/2C7H13N3O2.2ClH/c2*8-5(6(9)11)3-4-1-2-10-7(4)12;;/h2*4-5H,1-3,8H2,(H2,9,11)(H,10,12);2*1H/t2*4-,5+;;/m10../s1. The van der Waals surface area contributed by atoms with Crippen LogP contribution in [0.2, 0.25) is 0 Å². The van der Waals surface area contributed by atoms with Crippen molar-refractivity contribution in [1.29, 1.82) is 0 Å². The Kier molecular flexibility index (Phi) is 13.0. The molecule has 0 bridgehead atoms. The Labute approximate surface area is 164 Å². The summed E-state index contributed by atoms with van der Waals surface area (Å²) in [6.07, 6.45) is 2.22. The summed E-state index contributed by atoms with van der Waals surface area (Å²) in [5.41, 5.74) is 20.7. The number of halogens is 2. The van der Waals surface area contributed by atoms with E-state index in [0.29, 0.717) is 25.9 Å². The number of hydrogen-bond acceptors (Lipinski definition) is 6. The molecule has 12 heteroatoms. The quantitative estimate of drug-likeness (QED) is 0.277. The van der Waals surface area contributed by atoms with Crippen LogP contribution in [-0.2, 0) is 19.2 Å². The van der Waals surface area contributed by atoms with Crippen molar-refractivity contribution in [3.05, 3.63) is 0 Å². The van der Waals surface area contributed by atoms with Gasteiger partial charge in [-0.25, -0.2) is 0 Å². The molecule has 2 aliphatic rings. The Morgan fingerprint density at radius 3 is 1.35 bits per heavy atom. The van der Waals surface area contributed by atoms with E-state index in [2.05, 4.69) is 10.6 Å². The van der Waals surface area contributed by atoms with E-state index in [-0.39, 0.29) is 48.5 Å². The van der Waals surface area contributed by atoms with Crippen LogP contribution in [0.4, 0.5) is 0 Å². The van der Waals surface area contributed by atoms with E-state index in [1.165, 1.54) is 0 Å². The van der Waals surface area contributed by atoms with Crippen LogP contribution in [0.3, 0.4) is 0 Å². The molecule has 2 saturated heterocycles. The van der Waals surface area contributed by atoms with Crippen LogP contribution >= 0.6 is 24.8 Å². The monoisotopic (exact) mass is 414 g/mol. The topological polar surface area (TPSA) is 196 Å². The Balaban J connectivity index is 0. The lowest BCUT2D eigenvalue weighted by Gasteiger charge is -2.10. The summed E-state index contributed by atoms with van der Waals surface area (Å²) >= 11 is 0. The van der Waals surface area contributed by atoms with E-state index in [4.69, 9.17) is 22.9 Å². The summed E-state index contributed by atoms with van der Waals surface area (Å²) in [5, 5.41) is 5.33. The second kappa shape index (κ2) is 12.7. The average molecular weight is 415 g/mol. The summed E-state index contributed by atoms with van der Waals surface area (Å²) in [7, 11) is 0. The number of carbonyl (C=O) groups is 4. The van der Waals surface area contributed by atoms with Crippen molar-refractivity contribution in [3.8, 4) is 0 Å². The molecule has 0 aromatic carbocycles. The zero-order chi connectivity index (χ0) is 18.3. The average Bonchev–Trinajstić information content (AvgIpc) is 3.09. The zero-order valence-corrected chi connectivity index (χ0v) is 15.9. The number of amides is 4. The molecule has 0 unspecified atom stereocenters. The molecule has 10 N–H and O–H groups in total. The molecule has 2 rings (SSSR count). The van der Waals surface area contributed by atoms with Crippen LogP contribution in [-0.4, -0.2) is 48.8 Å². The zero-order valence-electron chi connectivity index (χ0n) is 14.3. The molecule has 0 radical (unpaired) electrons. The van der Waals surface area contributed by atoms with Crippen molar-refractivity contribution < 1.29 is 19.2 Å². The van der Waals surface area contributed by atoms with E-state index < -0.39 is 23.9 Å². The summed E-state index contributed by atoms with van der Waals surface area (Å²) in [6, 6.07) is -1.39. The third kappa shape index (κ3) is 8.65. The van der Waals surface area contributed by atoms with E-state index in [9.17, 15) is 19.2 Å². The van der Waals surface area contributed by atoms with E-state index in [1.54, 1.807) is 0 Å². The largest absolute Gasteiger partial charge is 0.368 e. The number of nitrogens with two attached hydrogens (primary N) is 4. The van der Waals surface area contributed by atoms with Gasteiger partial charge in [0.1, 0.15) is 0 Å². The summed E-state index contributed by atoms with van der Waals surface area (Å²) < 4.78 is 0. The fraction of sp³-hybridized carbons (Fsp3) is 0.714. The summed E-state index contributed by atoms with van der Waals surface area (Å²) in [5.74, 6) is -1.40. The highest BCUT2D eigenvalue weighted by atomic mass is 35.5. The first-order valence-electron chi connectivity index (χ1n) is 7.87. The highest BCUT2D eigenvalue weighted by Gasteiger charge is 2.28. The number of nitrogens with one attached hydrogen (secondary N) is 2. The molecule has 0 saturated carbocycles. The number of carbonyl (C=O) groups excluding carboxylic acids is 4. The Hall–Kier alpha value is -1.62. The molecule has 0 aromatic heterocycles. The fourth-order valence-electron chi connectivity index (χ4n) is 2.59. The number of primary amides is 2. The molecule has 2 fully saturated rings. The van der Waals surface area contributed by atoms with Crippen LogP contribution in [0, 0.1) is 11.8 Å². The minimum absolute atomic E-state index is 0. The number of hydrogen-bond donors (Lipinski definition) is 6. The van der Waals surface area contributed by atoms with Crippen molar-refractivity contribution >= 4 is 48.4 Å². The van der Waals surface area contributed by atoms with Gasteiger partial charge in [-0.2, -0.15) is 0 Å². The lowest BCUT2D eigenvalue weighted by molar-refractivity contribution is -0.125. The lowest BCUT2D eigenvalue weighted by atomic mass is 9.99. The Bertz CT molecular complexity index is 464. The maximum atomic E-state index is 11.0. The van der Waals surface area contributed by atoms with Gasteiger partial charge in [0.2, 0.25) is 23.6 Å². The molecular formula is C14H28Cl2N6O4. The minimum atomic E-state index is -0.696. The molecule has 0 aromatic rings. The predicted octanol–water partition coefficient (Wildman–Crippen LogP) is -2.51. The SMILES string of the molecule is Cl.Cl.NC(=O)[C@@H](N)C[C@H]1CCNC1=O.NC(=O)[C@H](N)C[C@@H]1CCNC1=O. The van der Waals surface area contributed by atoms with E-state index in [1.807, 2.05) is 0 Å². The van der Waals surface area contributed by atoms with E-state index in [0.717, 1.165) is 12.8 Å². The summed E-state index contributed by atoms with van der Waals surface area (Å²) in [4.78, 5) is 43.1. The summed E-state index contributed by atoms with van der Waals surface area (Å²) in [6.45, 7) is 1.35. The molecule has 10 nitrogen and oxygen atoms in total. The molecule has 0 spiro atoms. The van der Waals surface area contributed by atoms with Gasteiger partial charge in [0.05, 0.1) is 12.1 Å². The predicted molar refractivity (Wildman–Crippen MR) is 100 cm³/mol. The molecule has 26 heavy (non-hydrogen) atoms. The van der Waals surface area contributed by atoms with Crippen molar-refractivity contribution in [1.82, 2.24) is 10.6 Å². The molecule has 4 atom stereocenters. The molecule has 152 valence electrons. The van der Waals surface area contributed by atoms with Crippen LogP contribution in [0.15, 0.2) is 0 Å². The third-order valence-corrected chi connectivity index (χ3v) is 4.13. The first kappa shape index (κ1) is 26.6. The van der Waals surface area contributed by atoms with Gasteiger partial charge in [0, 0.05) is 24.9 Å². The van der Waals surface area contributed by atoms with Gasteiger partial charge in [-0.3, -0.25) is 19.2 Å². The molecule has 2 aliphatic heterocycles. The van der Waals surface area contributed by atoms with Gasteiger partial charge in [-0.1, -0.05) is 0 Å². The van der Waals surface area contributed by atoms with Gasteiger partial charge < -0.3 is 33.6 Å². The van der Waals surface area contributed by atoms with Crippen molar-refractivity contribution in [2.24, 2.45) is 34.8 Å². The molecule has 2 heterocycles. The second-order valence-corrected chi connectivity index (χ2v) is 6.04. The first-order chi connectivity index (χ1) is 11.2. The number of rotatable bonds is 6. The van der Waals surface area contributed by atoms with Crippen molar-refractivity contribution in [3.63, 3.8) is 0 Å². The minimum Gasteiger partial charge on any atom is -0.368 e. The van der Waals surface area contributed by atoms with Crippen molar-refractivity contribution in [2.75, 3.05) is 13.1 Å². The highest BCUT2D eigenvalue weighted by molar-refractivity contribution is 5.86. The molecule has 0 aliphatic carbocycles. The third-order valence-electron chi connectivity index (χ3n) is 4.13. The van der Waals surface area contributed by atoms with Crippen LogP contribution in [0.25, 0.3) is 0 Å².